The van der Waals surface area contributed by atoms with Gasteiger partial charge < -0.3 is 10.2 Å². The third-order valence-electron chi connectivity index (χ3n) is 7.98. The minimum atomic E-state index is -0.386. The lowest BCUT2D eigenvalue weighted by atomic mass is 9.84. The third-order valence-corrected chi connectivity index (χ3v) is 7.98. The molecular formula is C27H30N4O2. The number of aromatic nitrogens is 2. The zero-order valence-electron chi connectivity index (χ0n) is 18.8. The van der Waals surface area contributed by atoms with E-state index in [1.807, 2.05) is 47.5 Å². The first kappa shape index (κ1) is 20.5. The van der Waals surface area contributed by atoms with Crippen molar-refractivity contribution in [1.82, 2.24) is 20.4 Å². The molecule has 4 atom stereocenters. The summed E-state index contributed by atoms with van der Waals surface area (Å²) in [7, 11) is 0. The number of amides is 2. The monoisotopic (exact) mass is 442 g/mol. The average Bonchev–Trinajstić information content (AvgIpc) is 3.47. The van der Waals surface area contributed by atoms with Crippen LogP contribution in [0.15, 0.2) is 48.7 Å². The number of aryl methyl sites for hydroxylation is 1. The van der Waals surface area contributed by atoms with Gasteiger partial charge in [-0.05, 0) is 72.9 Å². The number of nitrogens with one attached hydrogen (secondary N) is 2. The largest absolute Gasteiger partial charge is 0.351 e. The maximum absolute atomic E-state index is 13.8. The molecule has 33 heavy (non-hydrogen) atoms. The molecule has 6 rings (SSSR count). The number of hydrogen-bond donors (Lipinski definition) is 2. The van der Waals surface area contributed by atoms with Gasteiger partial charge in [-0.1, -0.05) is 43.2 Å². The van der Waals surface area contributed by atoms with Gasteiger partial charge >= 0.3 is 0 Å². The Hall–Kier alpha value is -3.15. The molecule has 2 aromatic carbocycles. The van der Waals surface area contributed by atoms with Gasteiger partial charge in [-0.3, -0.25) is 14.7 Å². The van der Waals surface area contributed by atoms with Crippen LogP contribution in [0.4, 0.5) is 0 Å². The molecule has 3 aromatic rings. The van der Waals surface area contributed by atoms with E-state index in [0.717, 1.165) is 55.7 Å². The highest BCUT2D eigenvalue weighted by molar-refractivity contribution is 6.01. The zero-order valence-corrected chi connectivity index (χ0v) is 18.8. The molecule has 1 saturated carbocycles. The molecule has 1 aliphatic heterocycles. The highest BCUT2D eigenvalue weighted by Gasteiger charge is 2.47. The fourth-order valence-electron chi connectivity index (χ4n) is 6.29. The smallest absolute Gasteiger partial charge is 0.254 e. The number of rotatable bonds is 3. The normalized spacial score (nSPS) is 26.6. The second-order valence-electron chi connectivity index (χ2n) is 9.96. The molecule has 2 amide bonds. The van der Waals surface area contributed by atoms with Gasteiger partial charge in [-0.25, -0.2) is 0 Å². The van der Waals surface area contributed by atoms with Crippen molar-refractivity contribution in [1.29, 1.82) is 0 Å². The highest BCUT2D eigenvalue weighted by Crippen LogP contribution is 2.41. The first-order chi connectivity index (χ1) is 16.2. The molecule has 6 nitrogen and oxygen atoms in total. The van der Waals surface area contributed by atoms with Gasteiger partial charge in [-0.15, -0.1) is 0 Å². The van der Waals surface area contributed by atoms with E-state index in [0.29, 0.717) is 11.5 Å². The lowest BCUT2D eigenvalue weighted by Gasteiger charge is -2.34. The van der Waals surface area contributed by atoms with E-state index in [4.69, 9.17) is 0 Å². The van der Waals surface area contributed by atoms with Crippen LogP contribution in [-0.2, 0) is 17.6 Å². The van der Waals surface area contributed by atoms with E-state index in [1.165, 1.54) is 17.7 Å². The molecule has 0 radical (unpaired) electrons. The van der Waals surface area contributed by atoms with Gasteiger partial charge in [0.2, 0.25) is 5.91 Å². The first-order valence-electron chi connectivity index (χ1n) is 12.3. The summed E-state index contributed by atoms with van der Waals surface area (Å²) in [5, 5.41) is 12.7. The van der Waals surface area contributed by atoms with Crippen molar-refractivity contribution >= 4 is 22.6 Å². The van der Waals surface area contributed by atoms with Crippen molar-refractivity contribution in [3.8, 4) is 0 Å². The maximum atomic E-state index is 13.8. The molecule has 0 bridgehead atoms. The first-order valence-corrected chi connectivity index (χ1v) is 12.3. The molecule has 1 aromatic heterocycles. The van der Waals surface area contributed by atoms with Crippen LogP contribution in [0.2, 0.25) is 0 Å². The molecule has 2 heterocycles. The molecule has 2 N–H and O–H groups in total. The molecule has 1 unspecified atom stereocenters. The number of fused-ring (bicyclic) bond motifs is 3. The topological polar surface area (TPSA) is 78.1 Å². The van der Waals surface area contributed by atoms with Crippen molar-refractivity contribution in [2.24, 2.45) is 5.92 Å². The van der Waals surface area contributed by atoms with Gasteiger partial charge in [0.15, 0.2) is 0 Å². The van der Waals surface area contributed by atoms with Gasteiger partial charge in [0, 0.05) is 23.3 Å². The Morgan fingerprint density at radius 1 is 1.03 bits per heavy atom. The van der Waals surface area contributed by atoms with E-state index in [1.54, 1.807) is 0 Å². The predicted molar refractivity (Wildman–Crippen MR) is 127 cm³/mol. The Balaban J connectivity index is 1.26. The van der Waals surface area contributed by atoms with Crippen molar-refractivity contribution in [2.75, 3.05) is 0 Å². The number of benzene rings is 2. The molecular weight excluding hydrogens is 412 g/mol. The number of hydrogen-bond acceptors (Lipinski definition) is 3. The number of aromatic amines is 1. The van der Waals surface area contributed by atoms with Crippen LogP contribution in [-0.4, -0.2) is 45.0 Å². The predicted octanol–water partition coefficient (Wildman–Crippen LogP) is 4.01. The molecule has 0 spiro atoms. The molecule has 1 saturated heterocycles. The second kappa shape index (κ2) is 8.32. The molecule has 2 aliphatic carbocycles. The summed E-state index contributed by atoms with van der Waals surface area (Å²) in [6.45, 7) is 0. The number of carbonyl (C=O) groups excluding carboxylic acids is 2. The minimum absolute atomic E-state index is 0.00364. The number of carbonyl (C=O) groups is 2. The second-order valence-corrected chi connectivity index (χ2v) is 9.96. The van der Waals surface area contributed by atoms with Gasteiger partial charge in [-0.2, -0.15) is 5.10 Å². The van der Waals surface area contributed by atoms with Crippen LogP contribution in [0, 0.1) is 5.92 Å². The summed E-state index contributed by atoms with van der Waals surface area (Å²) in [4.78, 5) is 29.3. The van der Waals surface area contributed by atoms with Crippen LogP contribution in [0.5, 0.6) is 0 Å². The van der Waals surface area contributed by atoms with E-state index in [9.17, 15) is 9.59 Å². The summed E-state index contributed by atoms with van der Waals surface area (Å²) in [5.41, 5.74) is 3.05. The Morgan fingerprint density at radius 2 is 1.88 bits per heavy atom. The fraction of sp³-hybridized carbons (Fsp3) is 0.444. The van der Waals surface area contributed by atoms with Gasteiger partial charge in [0.25, 0.3) is 5.91 Å². The SMILES string of the molecule is O=C(NC1CCc2[nH]ncc2C1)[C@@H]1C[C@@H]2CCCC[C@@H]2N1C(=O)c1ccc2ccccc2c1. The lowest BCUT2D eigenvalue weighted by molar-refractivity contribution is -0.126. The minimum Gasteiger partial charge on any atom is -0.351 e. The van der Waals surface area contributed by atoms with Crippen molar-refractivity contribution < 1.29 is 9.59 Å². The lowest BCUT2D eigenvalue weighted by Crippen LogP contribution is -2.52. The van der Waals surface area contributed by atoms with E-state index in [2.05, 4.69) is 21.6 Å². The fourth-order valence-corrected chi connectivity index (χ4v) is 6.29. The third kappa shape index (κ3) is 3.71. The highest BCUT2D eigenvalue weighted by atomic mass is 16.2. The Bertz CT molecular complexity index is 1200. The summed E-state index contributed by atoms with van der Waals surface area (Å²) in [6, 6.07) is 13.9. The van der Waals surface area contributed by atoms with Gasteiger partial charge in [0.05, 0.1) is 6.20 Å². The number of nitrogens with zero attached hydrogens (tertiary/aromatic N) is 2. The zero-order chi connectivity index (χ0) is 22.4. The molecule has 2 fully saturated rings. The van der Waals surface area contributed by atoms with Crippen molar-refractivity contribution in [3.05, 3.63) is 65.5 Å². The summed E-state index contributed by atoms with van der Waals surface area (Å²) < 4.78 is 0. The van der Waals surface area contributed by atoms with E-state index < -0.39 is 0 Å². The molecule has 6 heteroatoms. The Kier molecular flexibility index (Phi) is 5.16. The summed E-state index contributed by atoms with van der Waals surface area (Å²) >= 11 is 0. The van der Waals surface area contributed by atoms with Crippen LogP contribution in [0.3, 0.4) is 0 Å². The van der Waals surface area contributed by atoms with Crippen LogP contribution in [0.1, 0.15) is 60.1 Å². The average molecular weight is 443 g/mol. The summed E-state index contributed by atoms with van der Waals surface area (Å²) in [6.07, 6.45) is 9.67. The Morgan fingerprint density at radius 3 is 2.79 bits per heavy atom. The molecule has 170 valence electrons. The quantitative estimate of drug-likeness (QED) is 0.643. The van der Waals surface area contributed by atoms with E-state index >= 15 is 0 Å². The van der Waals surface area contributed by atoms with Crippen LogP contribution < -0.4 is 5.32 Å². The Labute approximate surface area is 193 Å². The maximum Gasteiger partial charge on any atom is 0.254 e. The summed E-state index contributed by atoms with van der Waals surface area (Å²) in [5.74, 6) is 0.428. The van der Waals surface area contributed by atoms with E-state index in [-0.39, 0.29) is 29.9 Å². The van der Waals surface area contributed by atoms with Crippen LogP contribution in [0.25, 0.3) is 10.8 Å². The van der Waals surface area contributed by atoms with Crippen molar-refractivity contribution in [2.45, 2.75) is 69.5 Å². The molecule has 3 aliphatic rings. The standard InChI is InChI=1S/C27H30N4O2/c32-26(29-22-11-12-23-21(14-22)16-28-30-23)25-15-19-7-3-4-8-24(19)31(25)27(33)20-10-9-17-5-1-2-6-18(17)13-20/h1-2,5-6,9-10,13,16,19,22,24-25H,3-4,7-8,11-12,14-15H2,(H,28,30)(H,29,32)/t19-,22?,24-,25-/m0/s1. The number of H-pyrrole nitrogens is 1. The van der Waals surface area contributed by atoms with Crippen molar-refractivity contribution in [3.63, 3.8) is 0 Å². The van der Waals surface area contributed by atoms with Crippen LogP contribution >= 0.6 is 0 Å². The van der Waals surface area contributed by atoms with Gasteiger partial charge in [0.1, 0.15) is 6.04 Å². The number of likely N-dealkylation sites (tertiary alicyclic amines) is 1.